The SMILES string of the molecule is C=CCN=C1NC(=O)/C(=C\c2ccc3c(c2)OCO3)S1. The predicted octanol–water partition coefficient (Wildman–Crippen LogP) is 2.16. The van der Waals surface area contributed by atoms with Gasteiger partial charge in [-0.05, 0) is 35.5 Å². The number of thioether (sulfide) groups is 1. The van der Waals surface area contributed by atoms with Crippen molar-refractivity contribution in [3.05, 3.63) is 41.3 Å². The Balaban J connectivity index is 1.82. The van der Waals surface area contributed by atoms with E-state index in [2.05, 4.69) is 16.9 Å². The number of rotatable bonds is 3. The minimum atomic E-state index is -0.143. The number of aliphatic imine (C=N–C) groups is 1. The van der Waals surface area contributed by atoms with Crippen LogP contribution in [0.2, 0.25) is 0 Å². The zero-order valence-electron chi connectivity index (χ0n) is 10.6. The van der Waals surface area contributed by atoms with Crippen LogP contribution in [0.5, 0.6) is 11.5 Å². The van der Waals surface area contributed by atoms with Gasteiger partial charge in [0.05, 0.1) is 11.4 Å². The van der Waals surface area contributed by atoms with Crippen molar-refractivity contribution >= 4 is 28.9 Å². The van der Waals surface area contributed by atoms with Crippen LogP contribution in [0, 0.1) is 0 Å². The van der Waals surface area contributed by atoms with Gasteiger partial charge in [-0.1, -0.05) is 12.1 Å². The van der Waals surface area contributed by atoms with Gasteiger partial charge in [0.15, 0.2) is 16.7 Å². The smallest absolute Gasteiger partial charge is 0.264 e. The molecule has 1 aromatic carbocycles. The predicted molar refractivity (Wildman–Crippen MR) is 78.8 cm³/mol. The average Bonchev–Trinajstić information content (AvgIpc) is 3.03. The van der Waals surface area contributed by atoms with Crippen molar-refractivity contribution in [2.24, 2.45) is 4.99 Å². The standard InChI is InChI=1S/C14H12N2O3S/c1-2-5-15-14-16-13(17)12(20-14)7-9-3-4-10-11(6-9)19-8-18-10/h2-4,6-7H,1,5,8H2,(H,15,16,17)/b12-7+. The normalized spacial score (nSPS) is 20.5. The van der Waals surface area contributed by atoms with E-state index in [0.29, 0.717) is 22.4 Å². The molecule has 6 heteroatoms. The van der Waals surface area contributed by atoms with E-state index in [1.807, 2.05) is 18.2 Å². The van der Waals surface area contributed by atoms with E-state index in [0.717, 1.165) is 11.3 Å². The summed E-state index contributed by atoms with van der Waals surface area (Å²) in [6.07, 6.45) is 3.48. The maximum atomic E-state index is 11.8. The summed E-state index contributed by atoms with van der Waals surface area (Å²) in [7, 11) is 0. The maximum Gasteiger partial charge on any atom is 0.264 e. The van der Waals surface area contributed by atoms with Gasteiger partial charge in [0.1, 0.15) is 0 Å². The van der Waals surface area contributed by atoms with E-state index < -0.39 is 0 Å². The number of nitrogens with zero attached hydrogens (tertiary/aromatic N) is 1. The molecule has 0 aliphatic carbocycles. The third-order valence-electron chi connectivity index (χ3n) is 2.71. The highest BCUT2D eigenvalue weighted by Crippen LogP contribution is 2.34. The Bertz CT molecular complexity index is 637. The Labute approximate surface area is 120 Å². The number of amides is 1. The quantitative estimate of drug-likeness (QED) is 0.684. The minimum absolute atomic E-state index is 0.143. The summed E-state index contributed by atoms with van der Waals surface area (Å²) in [4.78, 5) is 16.6. The van der Waals surface area contributed by atoms with Gasteiger partial charge in [-0.2, -0.15) is 0 Å². The molecule has 0 spiro atoms. The monoisotopic (exact) mass is 288 g/mol. The Hall–Kier alpha value is -2.21. The molecule has 2 aliphatic heterocycles. The summed E-state index contributed by atoms with van der Waals surface area (Å²) in [6.45, 7) is 4.32. The topological polar surface area (TPSA) is 59.9 Å². The van der Waals surface area contributed by atoms with Crippen LogP contribution < -0.4 is 14.8 Å². The van der Waals surface area contributed by atoms with Gasteiger partial charge in [-0.15, -0.1) is 6.58 Å². The molecular formula is C14H12N2O3S. The molecule has 0 radical (unpaired) electrons. The number of benzene rings is 1. The molecule has 2 heterocycles. The van der Waals surface area contributed by atoms with Crippen molar-refractivity contribution in [1.82, 2.24) is 5.32 Å². The molecule has 1 saturated heterocycles. The fraction of sp³-hybridized carbons (Fsp3) is 0.143. The maximum absolute atomic E-state index is 11.8. The van der Waals surface area contributed by atoms with E-state index in [1.165, 1.54) is 11.8 Å². The van der Waals surface area contributed by atoms with Gasteiger partial charge in [0.25, 0.3) is 5.91 Å². The summed E-state index contributed by atoms with van der Waals surface area (Å²) >= 11 is 1.32. The highest BCUT2D eigenvalue weighted by molar-refractivity contribution is 8.18. The van der Waals surface area contributed by atoms with Crippen LogP contribution in [0.15, 0.2) is 40.8 Å². The molecule has 0 bridgehead atoms. The molecule has 2 aliphatic rings. The number of carbonyl (C=O) groups is 1. The number of amidine groups is 1. The van der Waals surface area contributed by atoms with E-state index >= 15 is 0 Å². The van der Waals surface area contributed by atoms with Crippen molar-refractivity contribution in [2.45, 2.75) is 0 Å². The Kier molecular flexibility index (Phi) is 3.47. The van der Waals surface area contributed by atoms with Crippen LogP contribution in [0.1, 0.15) is 5.56 Å². The number of hydrogen-bond donors (Lipinski definition) is 1. The lowest BCUT2D eigenvalue weighted by molar-refractivity contribution is -0.115. The second-order valence-corrected chi connectivity index (χ2v) is 5.14. The number of hydrogen-bond acceptors (Lipinski definition) is 5. The zero-order valence-corrected chi connectivity index (χ0v) is 11.4. The minimum Gasteiger partial charge on any atom is -0.454 e. The second kappa shape index (κ2) is 5.42. The molecule has 3 rings (SSSR count). The van der Waals surface area contributed by atoms with Crippen LogP contribution in [0.25, 0.3) is 6.08 Å². The lowest BCUT2D eigenvalue weighted by Crippen LogP contribution is -2.19. The summed E-state index contributed by atoms with van der Waals surface area (Å²) in [5.74, 6) is 1.28. The molecule has 1 amide bonds. The van der Waals surface area contributed by atoms with Crippen LogP contribution >= 0.6 is 11.8 Å². The summed E-state index contributed by atoms with van der Waals surface area (Å²) < 4.78 is 10.6. The molecule has 0 aromatic heterocycles. The zero-order chi connectivity index (χ0) is 13.9. The molecule has 1 fully saturated rings. The van der Waals surface area contributed by atoms with Crippen LogP contribution in [-0.2, 0) is 4.79 Å². The van der Waals surface area contributed by atoms with E-state index in [1.54, 1.807) is 12.2 Å². The molecule has 1 aromatic rings. The van der Waals surface area contributed by atoms with Crippen molar-refractivity contribution in [3.63, 3.8) is 0 Å². The number of nitrogens with one attached hydrogen (secondary N) is 1. The molecule has 20 heavy (non-hydrogen) atoms. The van der Waals surface area contributed by atoms with E-state index in [-0.39, 0.29) is 12.7 Å². The first kappa shape index (κ1) is 12.8. The number of ether oxygens (including phenoxy) is 2. The van der Waals surface area contributed by atoms with Gasteiger partial charge in [0.2, 0.25) is 6.79 Å². The Morgan fingerprint density at radius 3 is 3.10 bits per heavy atom. The molecule has 0 saturated carbocycles. The lowest BCUT2D eigenvalue weighted by atomic mass is 10.2. The highest BCUT2D eigenvalue weighted by Gasteiger charge is 2.23. The van der Waals surface area contributed by atoms with Gasteiger partial charge >= 0.3 is 0 Å². The molecule has 1 N–H and O–H groups in total. The summed E-state index contributed by atoms with van der Waals surface area (Å²) in [5.41, 5.74) is 0.886. The molecular weight excluding hydrogens is 276 g/mol. The molecule has 0 unspecified atom stereocenters. The van der Waals surface area contributed by atoms with Gasteiger partial charge in [-0.3, -0.25) is 9.79 Å². The van der Waals surface area contributed by atoms with Gasteiger partial charge < -0.3 is 14.8 Å². The number of fused-ring (bicyclic) bond motifs is 1. The molecule has 5 nitrogen and oxygen atoms in total. The van der Waals surface area contributed by atoms with Gasteiger partial charge in [0, 0.05) is 0 Å². The van der Waals surface area contributed by atoms with Crippen molar-refractivity contribution < 1.29 is 14.3 Å². The van der Waals surface area contributed by atoms with Crippen LogP contribution in [0.3, 0.4) is 0 Å². The fourth-order valence-corrected chi connectivity index (χ4v) is 2.63. The first-order chi connectivity index (χ1) is 9.76. The average molecular weight is 288 g/mol. The van der Waals surface area contributed by atoms with Crippen LogP contribution in [-0.4, -0.2) is 24.4 Å². The third kappa shape index (κ3) is 2.55. The fourth-order valence-electron chi connectivity index (χ4n) is 1.80. The van der Waals surface area contributed by atoms with E-state index in [4.69, 9.17) is 9.47 Å². The first-order valence-corrected chi connectivity index (χ1v) is 6.84. The lowest BCUT2D eigenvalue weighted by Gasteiger charge is -1.98. The van der Waals surface area contributed by atoms with Gasteiger partial charge in [-0.25, -0.2) is 0 Å². The highest BCUT2D eigenvalue weighted by atomic mass is 32.2. The van der Waals surface area contributed by atoms with Crippen LogP contribution in [0.4, 0.5) is 0 Å². The first-order valence-electron chi connectivity index (χ1n) is 6.02. The summed E-state index contributed by atoms with van der Waals surface area (Å²) in [5, 5.41) is 3.31. The van der Waals surface area contributed by atoms with E-state index in [9.17, 15) is 4.79 Å². The second-order valence-electron chi connectivity index (χ2n) is 4.11. The van der Waals surface area contributed by atoms with Crippen molar-refractivity contribution in [1.29, 1.82) is 0 Å². The van der Waals surface area contributed by atoms with Crippen molar-refractivity contribution in [2.75, 3.05) is 13.3 Å². The third-order valence-corrected chi connectivity index (χ3v) is 3.66. The largest absolute Gasteiger partial charge is 0.454 e. The Morgan fingerprint density at radius 1 is 1.40 bits per heavy atom. The Morgan fingerprint density at radius 2 is 2.25 bits per heavy atom. The molecule has 0 atom stereocenters. The van der Waals surface area contributed by atoms with Crippen molar-refractivity contribution in [3.8, 4) is 11.5 Å². The summed E-state index contributed by atoms with van der Waals surface area (Å²) in [6, 6.07) is 5.56. The molecule has 102 valence electrons. The number of carbonyl (C=O) groups excluding carboxylic acids is 1.